The molecular formula is C24H28O6S. The zero-order valence-corrected chi connectivity index (χ0v) is 18.1. The summed E-state index contributed by atoms with van der Waals surface area (Å²) in [5.74, 6) is -0.939. The predicted octanol–water partition coefficient (Wildman–Crippen LogP) is 5.14. The largest absolute Gasteiger partial charge is 0.494 e. The Hall–Kier alpha value is -2.77. The van der Waals surface area contributed by atoms with Crippen LogP contribution < -0.4 is 4.74 Å². The summed E-state index contributed by atoms with van der Waals surface area (Å²) < 4.78 is 11.3. The molecule has 0 saturated heterocycles. The Bertz CT molecular complexity index is 820. The molecule has 6 nitrogen and oxygen atoms in total. The summed E-state index contributed by atoms with van der Waals surface area (Å²) in [6.45, 7) is 1.74. The number of thioether (sulfide) groups is 1. The smallest absolute Gasteiger partial charge is 0.335 e. The van der Waals surface area contributed by atoms with E-state index in [9.17, 15) is 9.59 Å². The minimum atomic E-state index is -0.970. The van der Waals surface area contributed by atoms with Gasteiger partial charge in [0.25, 0.3) is 0 Å². The van der Waals surface area contributed by atoms with E-state index in [1.165, 1.54) is 11.8 Å². The van der Waals surface area contributed by atoms with Gasteiger partial charge in [-0.15, -0.1) is 11.8 Å². The molecule has 0 unspecified atom stereocenters. The fourth-order valence-electron chi connectivity index (χ4n) is 2.68. The van der Waals surface area contributed by atoms with Crippen molar-refractivity contribution in [1.29, 1.82) is 0 Å². The molecule has 0 bridgehead atoms. The third kappa shape index (κ3) is 10.7. The summed E-state index contributed by atoms with van der Waals surface area (Å²) in [6.07, 6.45) is 6.21. The quantitative estimate of drug-likeness (QED) is 0.223. The molecule has 0 aliphatic rings. The Morgan fingerprint density at radius 2 is 1.68 bits per heavy atom. The van der Waals surface area contributed by atoms with E-state index >= 15 is 0 Å². The molecular weight excluding hydrogens is 416 g/mol. The Kier molecular flexibility index (Phi) is 11.3. The lowest BCUT2D eigenvalue weighted by atomic mass is 10.2. The molecule has 0 amide bonds. The normalized spacial score (nSPS) is 12.0. The summed E-state index contributed by atoms with van der Waals surface area (Å²) in [5.41, 5.74) is 0.226. The lowest BCUT2D eigenvalue weighted by molar-refractivity contribution is -0.137. The van der Waals surface area contributed by atoms with Crippen LogP contribution in [-0.4, -0.2) is 47.2 Å². The molecule has 0 aliphatic carbocycles. The van der Waals surface area contributed by atoms with Gasteiger partial charge in [-0.1, -0.05) is 30.4 Å². The first kappa shape index (κ1) is 24.5. The Balaban J connectivity index is 1.68. The second-order valence-corrected chi connectivity index (χ2v) is 8.10. The van der Waals surface area contributed by atoms with Crippen LogP contribution in [0.2, 0.25) is 0 Å². The van der Waals surface area contributed by atoms with E-state index in [0.29, 0.717) is 26.2 Å². The van der Waals surface area contributed by atoms with Gasteiger partial charge in [0.05, 0.1) is 18.8 Å². The van der Waals surface area contributed by atoms with Crippen LogP contribution in [0.15, 0.2) is 71.6 Å². The van der Waals surface area contributed by atoms with E-state index in [-0.39, 0.29) is 17.2 Å². The van der Waals surface area contributed by atoms with Gasteiger partial charge in [-0.2, -0.15) is 0 Å². The van der Waals surface area contributed by atoms with Crippen LogP contribution in [0.1, 0.15) is 36.0 Å². The van der Waals surface area contributed by atoms with Crippen LogP contribution >= 0.6 is 11.8 Å². The molecule has 0 radical (unpaired) electrons. The molecule has 0 spiro atoms. The number of hydrogen-bond donors (Lipinski definition) is 2. The van der Waals surface area contributed by atoms with Gasteiger partial charge in [0, 0.05) is 23.2 Å². The van der Waals surface area contributed by atoms with Crippen LogP contribution in [0.4, 0.5) is 0 Å². The summed E-state index contributed by atoms with van der Waals surface area (Å²) in [6, 6.07) is 16.3. The van der Waals surface area contributed by atoms with Crippen molar-refractivity contribution >= 4 is 23.7 Å². The maximum Gasteiger partial charge on any atom is 0.335 e. The van der Waals surface area contributed by atoms with Crippen molar-refractivity contribution in [1.82, 2.24) is 0 Å². The lowest BCUT2D eigenvalue weighted by Gasteiger charge is -2.12. The highest BCUT2D eigenvalue weighted by atomic mass is 32.2. The summed E-state index contributed by atoms with van der Waals surface area (Å²) >= 11 is 1.51. The number of ether oxygens (including phenoxy) is 2. The molecule has 7 heteroatoms. The van der Waals surface area contributed by atoms with Gasteiger partial charge in [-0.05, 0) is 55.7 Å². The maximum atomic E-state index is 11.0. The van der Waals surface area contributed by atoms with Crippen molar-refractivity contribution in [2.24, 2.45) is 0 Å². The van der Waals surface area contributed by atoms with Gasteiger partial charge in [-0.3, -0.25) is 4.79 Å². The van der Waals surface area contributed by atoms with Crippen LogP contribution in [-0.2, 0) is 9.53 Å². The number of carboxylic acid groups (broad SMARTS) is 2. The number of para-hydroxylation sites is 1. The number of rotatable bonds is 15. The molecule has 2 rings (SSSR count). The van der Waals surface area contributed by atoms with Gasteiger partial charge in [-0.25, -0.2) is 4.79 Å². The number of unbranched alkanes of at least 4 members (excludes halogenated alkanes) is 1. The Morgan fingerprint density at radius 1 is 0.968 bits per heavy atom. The minimum absolute atomic E-state index is 0.0327. The fraction of sp³-hybridized carbons (Fsp3) is 0.333. The average molecular weight is 445 g/mol. The number of carbonyl (C=O) groups is 2. The number of carboxylic acids is 2. The van der Waals surface area contributed by atoms with Crippen LogP contribution in [0.5, 0.6) is 5.75 Å². The summed E-state index contributed by atoms with van der Waals surface area (Å²) in [5, 5.41) is 17.9. The van der Waals surface area contributed by atoms with Crippen molar-refractivity contribution in [3.63, 3.8) is 0 Å². The SMILES string of the molecule is O=C(O)CC[C@@H](/C=C\COCCCCOc1ccccc1)Sc1ccc(C(=O)O)cc1. The molecule has 0 fully saturated rings. The zero-order chi connectivity index (χ0) is 22.3. The molecule has 31 heavy (non-hydrogen) atoms. The molecule has 2 aromatic rings. The standard InChI is InChI=1S/C24H28O6S/c25-23(26)15-14-21(31-22-12-10-19(11-13-22)24(27)28)9-6-17-29-16-4-5-18-30-20-7-2-1-3-8-20/h1-3,6-13,21H,4-5,14-18H2,(H,25,26)(H,27,28)/b9-6-/t21-/m1/s1. The summed E-state index contributed by atoms with van der Waals surface area (Å²) in [7, 11) is 0. The van der Waals surface area contributed by atoms with E-state index in [1.54, 1.807) is 24.3 Å². The van der Waals surface area contributed by atoms with E-state index in [0.717, 1.165) is 23.5 Å². The van der Waals surface area contributed by atoms with E-state index in [4.69, 9.17) is 19.7 Å². The highest BCUT2D eigenvalue weighted by Crippen LogP contribution is 2.27. The zero-order valence-electron chi connectivity index (χ0n) is 17.3. The summed E-state index contributed by atoms with van der Waals surface area (Å²) in [4.78, 5) is 22.8. The minimum Gasteiger partial charge on any atom is -0.494 e. The second kappa shape index (κ2) is 14.3. The Labute approximate surface area is 186 Å². The van der Waals surface area contributed by atoms with E-state index < -0.39 is 11.9 Å². The van der Waals surface area contributed by atoms with Crippen LogP contribution in [0.3, 0.4) is 0 Å². The molecule has 2 N–H and O–H groups in total. The van der Waals surface area contributed by atoms with Gasteiger partial charge in [0.1, 0.15) is 5.75 Å². The van der Waals surface area contributed by atoms with Crippen molar-refractivity contribution in [2.45, 2.75) is 35.8 Å². The van der Waals surface area contributed by atoms with Crippen LogP contribution in [0, 0.1) is 0 Å². The molecule has 0 aromatic heterocycles. The topological polar surface area (TPSA) is 93.1 Å². The van der Waals surface area contributed by atoms with E-state index in [2.05, 4.69) is 0 Å². The third-order valence-electron chi connectivity index (χ3n) is 4.29. The fourth-order valence-corrected chi connectivity index (χ4v) is 3.75. The number of aromatic carboxylic acids is 1. The highest BCUT2D eigenvalue weighted by molar-refractivity contribution is 8.00. The van der Waals surface area contributed by atoms with Gasteiger partial charge < -0.3 is 19.7 Å². The second-order valence-electron chi connectivity index (χ2n) is 6.79. The third-order valence-corrected chi connectivity index (χ3v) is 5.53. The predicted molar refractivity (Wildman–Crippen MR) is 121 cm³/mol. The monoisotopic (exact) mass is 444 g/mol. The highest BCUT2D eigenvalue weighted by Gasteiger charge is 2.10. The number of hydrogen-bond acceptors (Lipinski definition) is 5. The first-order chi connectivity index (χ1) is 15.0. The van der Waals surface area contributed by atoms with Gasteiger partial charge in [0.15, 0.2) is 0 Å². The molecule has 1 atom stereocenters. The maximum absolute atomic E-state index is 11.0. The molecule has 2 aromatic carbocycles. The molecule has 0 aliphatic heterocycles. The van der Waals surface area contributed by atoms with E-state index in [1.807, 2.05) is 42.5 Å². The van der Waals surface area contributed by atoms with Gasteiger partial charge in [0.2, 0.25) is 0 Å². The van der Waals surface area contributed by atoms with Crippen molar-refractivity contribution in [3.8, 4) is 5.75 Å². The number of aliphatic carboxylic acids is 1. The first-order valence-corrected chi connectivity index (χ1v) is 11.1. The Morgan fingerprint density at radius 3 is 2.35 bits per heavy atom. The van der Waals surface area contributed by atoms with Crippen molar-refractivity contribution in [2.75, 3.05) is 19.8 Å². The van der Waals surface area contributed by atoms with Crippen molar-refractivity contribution in [3.05, 3.63) is 72.3 Å². The molecule has 0 heterocycles. The average Bonchev–Trinajstić information content (AvgIpc) is 2.77. The van der Waals surface area contributed by atoms with Gasteiger partial charge >= 0.3 is 11.9 Å². The first-order valence-electron chi connectivity index (χ1n) is 10.2. The van der Waals surface area contributed by atoms with Crippen molar-refractivity contribution < 1.29 is 29.3 Å². The molecule has 166 valence electrons. The lowest BCUT2D eigenvalue weighted by Crippen LogP contribution is -2.05. The van der Waals surface area contributed by atoms with Crippen LogP contribution in [0.25, 0.3) is 0 Å². The number of benzene rings is 2. The molecule has 0 saturated carbocycles.